The molecule has 3 aromatic rings. The third kappa shape index (κ3) is 2.50. The van der Waals surface area contributed by atoms with Crippen molar-refractivity contribution in [3.05, 3.63) is 47.7 Å². The number of rotatable bonds is 3. The van der Waals surface area contributed by atoms with Crippen LogP contribution in [0.3, 0.4) is 0 Å². The van der Waals surface area contributed by atoms with E-state index in [0.717, 1.165) is 16.6 Å². The first-order valence-electron chi connectivity index (χ1n) is 6.37. The van der Waals surface area contributed by atoms with Gasteiger partial charge in [-0.2, -0.15) is 0 Å². The molecule has 0 amide bonds. The average Bonchev–Trinajstić information content (AvgIpc) is 2.53. The van der Waals surface area contributed by atoms with Crippen LogP contribution in [0, 0.1) is 0 Å². The van der Waals surface area contributed by atoms with Crippen molar-refractivity contribution in [2.24, 2.45) is 0 Å². The van der Waals surface area contributed by atoms with E-state index in [1.165, 1.54) is 0 Å². The largest absolute Gasteiger partial charge is 0.493 e. The SMILES string of the molecule is COc1cc2nc(Cl)nc(-c3ccccc3)c2cc1OC. The number of methoxy groups -OCH3 is 2. The summed E-state index contributed by atoms with van der Waals surface area (Å²) < 4.78 is 10.7. The summed E-state index contributed by atoms with van der Waals surface area (Å²) in [5.41, 5.74) is 2.46. The molecule has 106 valence electrons. The van der Waals surface area contributed by atoms with Crippen LogP contribution in [-0.4, -0.2) is 24.2 Å². The summed E-state index contributed by atoms with van der Waals surface area (Å²) in [5, 5.41) is 1.07. The second kappa shape index (κ2) is 5.58. The summed E-state index contributed by atoms with van der Waals surface area (Å²) in [5.74, 6) is 1.24. The monoisotopic (exact) mass is 300 g/mol. The average molecular weight is 301 g/mol. The Morgan fingerprint density at radius 2 is 1.57 bits per heavy atom. The molecular formula is C16H13ClN2O2. The van der Waals surface area contributed by atoms with E-state index in [9.17, 15) is 0 Å². The number of hydrogen-bond acceptors (Lipinski definition) is 4. The number of ether oxygens (including phenoxy) is 2. The van der Waals surface area contributed by atoms with Crippen molar-refractivity contribution >= 4 is 22.5 Å². The fourth-order valence-corrected chi connectivity index (χ4v) is 2.42. The Balaban J connectivity index is 2.34. The van der Waals surface area contributed by atoms with Crippen LogP contribution in [0.15, 0.2) is 42.5 Å². The molecule has 0 aliphatic rings. The van der Waals surface area contributed by atoms with Crippen molar-refractivity contribution in [3.63, 3.8) is 0 Å². The summed E-state index contributed by atoms with van der Waals surface area (Å²) in [7, 11) is 3.19. The van der Waals surface area contributed by atoms with Crippen LogP contribution in [0.1, 0.15) is 0 Å². The van der Waals surface area contributed by atoms with E-state index in [-0.39, 0.29) is 5.28 Å². The highest BCUT2D eigenvalue weighted by Gasteiger charge is 2.13. The van der Waals surface area contributed by atoms with Crippen molar-refractivity contribution in [3.8, 4) is 22.8 Å². The highest BCUT2D eigenvalue weighted by atomic mass is 35.5. The number of benzene rings is 2. The van der Waals surface area contributed by atoms with Gasteiger partial charge in [0.2, 0.25) is 5.28 Å². The molecule has 0 radical (unpaired) electrons. The van der Waals surface area contributed by atoms with E-state index in [0.29, 0.717) is 17.0 Å². The normalized spacial score (nSPS) is 10.6. The van der Waals surface area contributed by atoms with E-state index in [1.807, 2.05) is 36.4 Å². The number of halogens is 1. The molecule has 4 nitrogen and oxygen atoms in total. The Morgan fingerprint density at radius 3 is 2.24 bits per heavy atom. The molecule has 0 bridgehead atoms. The van der Waals surface area contributed by atoms with Crippen LogP contribution in [-0.2, 0) is 0 Å². The van der Waals surface area contributed by atoms with E-state index < -0.39 is 0 Å². The van der Waals surface area contributed by atoms with Gasteiger partial charge in [-0.1, -0.05) is 30.3 Å². The molecule has 0 N–H and O–H groups in total. The lowest BCUT2D eigenvalue weighted by molar-refractivity contribution is 0.356. The fourth-order valence-electron chi connectivity index (χ4n) is 2.24. The number of aromatic nitrogens is 2. The van der Waals surface area contributed by atoms with Crippen LogP contribution in [0.25, 0.3) is 22.2 Å². The van der Waals surface area contributed by atoms with Crippen molar-refractivity contribution in [1.29, 1.82) is 0 Å². The van der Waals surface area contributed by atoms with E-state index >= 15 is 0 Å². The summed E-state index contributed by atoms with van der Waals surface area (Å²) in [6, 6.07) is 13.5. The highest BCUT2D eigenvalue weighted by Crippen LogP contribution is 2.35. The van der Waals surface area contributed by atoms with E-state index in [1.54, 1.807) is 20.3 Å². The molecule has 1 aromatic heterocycles. The Kier molecular flexibility index (Phi) is 3.62. The molecule has 0 aliphatic heterocycles. The maximum Gasteiger partial charge on any atom is 0.223 e. The van der Waals surface area contributed by atoms with Gasteiger partial charge in [0.25, 0.3) is 0 Å². The molecule has 0 saturated carbocycles. The van der Waals surface area contributed by atoms with Crippen LogP contribution >= 0.6 is 11.6 Å². The molecule has 0 unspecified atom stereocenters. The quantitative estimate of drug-likeness (QED) is 0.687. The van der Waals surface area contributed by atoms with Gasteiger partial charge in [-0.15, -0.1) is 0 Å². The minimum Gasteiger partial charge on any atom is -0.493 e. The smallest absolute Gasteiger partial charge is 0.223 e. The molecule has 3 rings (SSSR count). The Bertz CT molecular complexity index is 791. The van der Waals surface area contributed by atoms with Gasteiger partial charge in [0.05, 0.1) is 25.4 Å². The predicted molar refractivity (Wildman–Crippen MR) is 83.1 cm³/mol. The lowest BCUT2D eigenvalue weighted by Gasteiger charge is -2.11. The molecule has 21 heavy (non-hydrogen) atoms. The minimum absolute atomic E-state index is 0.202. The van der Waals surface area contributed by atoms with Gasteiger partial charge >= 0.3 is 0 Å². The van der Waals surface area contributed by atoms with Gasteiger partial charge in [0.1, 0.15) is 0 Å². The fraction of sp³-hybridized carbons (Fsp3) is 0.125. The third-order valence-electron chi connectivity index (χ3n) is 3.22. The highest BCUT2D eigenvalue weighted by molar-refractivity contribution is 6.28. The first-order valence-corrected chi connectivity index (χ1v) is 6.75. The van der Waals surface area contributed by atoms with Crippen molar-refractivity contribution in [2.75, 3.05) is 14.2 Å². The molecule has 0 atom stereocenters. The Labute approximate surface area is 127 Å². The third-order valence-corrected chi connectivity index (χ3v) is 3.39. The minimum atomic E-state index is 0.202. The maximum absolute atomic E-state index is 6.05. The summed E-state index contributed by atoms with van der Waals surface area (Å²) in [4.78, 5) is 8.63. The molecule has 1 heterocycles. The van der Waals surface area contributed by atoms with Gasteiger partial charge < -0.3 is 9.47 Å². The summed E-state index contributed by atoms with van der Waals surface area (Å²) in [6.45, 7) is 0. The lowest BCUT2D eigenvalue weighted by atomic mass is 10.1. The molecule has 0 aliphatic carbocycles. The van der Waals surface area contributed by atoms with Gasteiger partial charge in [0.15, 0.2) is 11.5 Å². The first kappa shape index (κ1) is 13.6. The number of hydrogen-bond donors (Lipinski definition) is 0. The van der Waals surface area contributed by atoms with Crippen LogP contribution in [0.2, 0.25) is 5.28 Å². The zero-order valence-electron chi connectivity index (χ0n) is 11.6. The van der Waals surface area contributed by atoms with E-state index in [4.69, 9.17) is 21.1 Å². The van der Waals surface area contributed by atoms with Crippen LogP contribution in [0.4, 0.5) is 0 Å². The van der Waals surface area contributed by atoms with Crippen molar-refractivity contribution < 1.29 is 9.47 Å². The summed E-state index contributed by atoms with van der Waals surface area (Å²) >= 11 is 6.05. The van der Waals surface area contributed by atoms with Crippen molar-refractivity contribution in [2.45, 2.75) is 0 Å². The zero-order valence-corrected chi connectivity index (χ0v) is 12.4. The van der Waals surface area contributed by atoms with Gasteiger partial charge in [-0.3, -0.25) is 0 Å². The van der Waals surface area contributed by atoms with Gasteiger partial charge in [0, 0.05) is 17.0 Å². The van der Waals surface area contributed by atoms with Gasteiger partial charge in [-0.05, 0) is 17.7 Å². The van der Waals surface area contributed by atoms with Crippen LogP contribution in [0.5, 0.6) is 11.5 Å². The lowest BCUT2D eigenvalue weighted by Crippen LogP contribution is -1.95. The number of fused-ring (bicyclic) bond motifs is 1. The second-order valence-electron chi connectivity index (χ2n) is 4.43. The summed E-state index contributed by atoms with van der Waals surface area (Å²) in [6.07, 6.45) is 0. The Morgan fingerprint density at radius 1 is 0.905 bits per heavy atom. The van der Waals surface area contributed by atoms with Gasteiger partial charge in [-0.25, -0.2) is 9.97 Å². The molecule has 0 saturated heterocycles. The molecule has 2 aromatic carbocycles. The molecule has 0 spiro atoms. The van der Waals surface area contributed by atoms with Crippen LogP contribution < -0.4 is 9.47 Å². The first-order chi connectivity index (χ1) is 10.2. The molecule has 5 heteroatoms. The second-order valence-corrected chi connectivity index (χ2v) is 4.77. The maximum atomic E-state index is 6.05. The number of nitrogens with zero attached hydrogens (tertiary/aromatic N) is 2. The topological polar surface area (TPSA) is 44.2 Å². The van der Waals surface area contributed by atoms with Crippen molar-refractivity contribution in [1.82, 2.24) is 9.97 Å². The van der Waals surface area contributed by atoms with E-state index in [2.05, 4.69) is 9.97 Å². The standard InChI is InChI=1S/C16H13ClN2O2/c1-20-13-8-11-12(9-14(13)21-2)18-16(17)19-15(11)10-6-4-3-5-7-10/h3-9H,1-2H3. The molecular weight excluding hydrogens is 288 g/mol. The molecule has 0 fully saturated rings. The Hall–Kier alpha value is -2.33. The zero-order chi connectivity index (χ0) is 14.8. The predicted octanol–water partition coefficient (Wildman–Crippen LogP) is 3.97.